The van der Waals surface area contributed by atoms with Gasteiger partial charge in [0.15, 0.2) is 0 Å². The standard InChI is InChI=1S/C52H42N4/c1-52-31-14-13-26-50(52)56(42-21-9-4-10-22-42)49-34-48-45(33-46(49)52)44-24-11-12-25-47(44)55(48)43-23-15-20-41(32-43)39-29-27-38(28-30-39)36-54-51(40-18-7-3-8-19-40)53(54)35-37-16-5-2-6-17-37/h2-34,50-51H,35-36H2,1H3/t50?,51?,52?,53-,54+/m0/s1. The van der Waals surface area contributed by atoms with E-state index in [9.17, 15) is 0 Å². The van der Waals surface area contributed by atoms with Crippen LogP contribution in [-0.4, -0.2) is 20.6 Å². The van der Waals surface area contributed by atoms with Gasteiger partial charge in [-0.05, 0) is 82.8 Å². The van der Waals surface area contributed by atoms with Crippen molar-refractivity contribution >= 4 is 33.2 Å². The summed E-state index contributed by atoms with van der Waals surface area (Å²) in [6.07, 6.45) is 9.45. The zero-order valence-electron chi connectivity index (χ0n) is 31.4. The van der Waals surface area contributed by atoms with Gasteiger partial charge in [0.1, 0.15) is 6.17 Å². The Kier molecular flexibility index (Phi) is 7.70. The summed E-state index contributed by atoms with van der Waals surface area (Å²) in [4.78, 5) is 2.54. The highest BCUT2D eigenvalue weighted by atomic mass is 15.9. The van der Waals surface area contributed by atoms with E-state index in [4.69, 9.17) is 0 Å². The van der Waals surface area contributed by atoms with Crippen LogP contribution >= 0.6 is 0 Å². The molecule has 4 heteroatoms. The Hall–Kier alpha value is -6.46. The van der Waals surface area contributed by atoms with Crippen LogP contribution in [0.15, 0.2) is 200 Å². The quantitative estimate of drug-likeness (QED) is 0.145. The first kappa shape index (κ1) is 32.9. The van der Waals surface area contributed by atoms with Gasteiger partial charge in [-0.15, -0.1) is 0 Å². The number of hydrogen-bond acceptors (Lipinski definition) is 3. The molecule has 0 amide bonds. The molecule has 2 aliphatic heterocycles. The average Bonchev–Trinajstić information content (AvgIpc) is 3.70. The van der Waals surface area contributed by atoms with Crippen molar-refractivity contribution in [1.82, 2.24) is 14.6 Å². The Bertz CT molecular complexity index is 2780. The predicted octanol–water partition coefficient (Wildman–Crippen LogP) is 12.3. The summed E-state index contributed by atoms with van der Waals surface area (Å²) in [7, 11) is 0. The lowest BCUT2D eigenvalue weighted by Gasteiger charge is -2.34. The minimum Gasteiger partial charge on any atom is -0.333 e. The molecule has 5 atom stereocenters. The Balaban J connectivity index is 0.946. The highest BCUT2D eigenvalue weighted by Crippen LogP contribution is 2.53. The van der Waals surface area contributed by atoms with Crippen LogP contribution in [0, 0.1) is 0 Å². The van der Waals surface area contributed by atoms with Crippen LogP contribution in [0.4, 0.5) is 11.4 Å². The number of rotatable bonds is 8. The van der Waals surface area contributed by atoms with Gasteiger partial charge in [-0.25, -0.2) is 10.0 Å². The highest BCUT2D eigenvalue weighted by molar-refractivity contribution is 6.11. The molecule has 56 heavy (non-hydrogen) atoms. The minimum absolute atomic E-state index is 0.136. The van der Waals surface area contributed by atoms with E-state index in [0.717, 1.165) is 18.8 Å². The molecule has 0 radical (unpaired) electrons. The van der Waals surface area contributed by atoms with E-state index >= 15 is 0 Å². The third-order valence-corrected chi connectivity index (χ3v) is 12.3. The second-order valence-corrected chi connectivity index (χ2v) is 15.6. The largest absolute Gasteiger partial charge is 0.333 e. The molecule has 0 spiro atoms. The summed E-state index contributed by atoms with van der Waals surface area (Å²) in [6, 6.07) is 64.7. The number of hydrazine groups is 1. The van der Waals surface area contributed by atoms with Crippen molar-refractivity contribution in [2.45, 2.75) is 37.6 Å². The van der Waals surface area contributed by atoms with Gasteiger partial charge >= 0.3 is 0 Å². The third-order valence-electron chi connectivity index (χ3n) is 12.3. The number of benzene rings is 7. The SMILES string of the molecule is CC12C=CC=CC1N(c1ccccc1)c1cc3c(cc12)c1ccccc1n3-c1cccc(-c2ccc(C[N@]3C(c4ccccc4)[N@]3Cc3ccccc3)cc2)c1. The molecule has 0 saturated carbocycles. The van der Waals surface area contributed by atoms with E-state index in [1.54, 1.807) is 0 Å². The molecule has 270 valence electrons. The lowest BCUT2D eigenvalue weighted by atomic mass is 9.76. The van der Waals surface area contributed by atoms with E-state index in [1.807, 2.05) is 0 Å². The highest BCUT2D eigenvalue weighted by Gasteiger charge is 2.47. The van der Waals surface area contributed by atoms with Gasteiger partial charge in [0, 0.05) is 46.3 Å². The number of allylic oxidation sites excluding steroid dienone is 2. The molecule has 1 fully saturated rings. The maximum absolute atomic E-state index is 2.54. The molecular weight excluding hydrogens is 681 g/mol. The van der Waals surface area contributed by atoms with Crippen LogP contribution in [0.1, 0.15) is 35.3 Å². The lowest BCUT2D eigenvalue weighted by molar-refractivity contribution is 0.293. The smallest absolute Gasteiger partial charge is 0.116 e. The van der Waals surface area contributed by atoms with Crippen LogP contribution in [-0.2, 0) is 18.5 Å². The number of fused-ring (bicyclic) bond motifs is 6. The second kappa shape index (κ2) is 13.1. The molecule has 0 N–H and O–H groups in total. The summed E-state index contributed by atoms with van der Waals surface area (Å²) in [5.41, 5.74) is 13.7. The minimum atomic E-state index is -0.136. The van der Waals surface area contributed by atoms with Crippen LogP contribution < -0.4 is 4.90 Å². The molecule has 1 aliphatic carbocycles. The molecule has 7 aromatic carbocycles. The van der Waals surface area contributed by atoms with Crippen LogP contribution in [0.5, 0.6) is 0 Å². The van der Waals surface area contributed by atoms with Crippen molar-refractivity contribution < 1.29 is 0 Å². The fraction of sp³-hybridized carbons (Fsp3) is 0.115. The van der Waals surface area contributed by atoms with Gasteiger partial charge in [-0.3, -0.25) is 0 Å². The second-order valence-electron chi connectivity index (χ2n) is 15.6. The first-order valence-electron chi connectivity index (χ1n) is 19.7. The molecule has 11 rings (SSSR count). The Labute approximate surface area is 328 Å². The van der Waals surface area contributed by atoms with Gasteiger partial charge in [0.2, 0.25) is 0 Å². The van der Waals surface area contributed by atoms with Crippen molar-refractivity contribution in [2.24, 2.45) is 0 Å². The van der Waals surface area contributed by atoms with Gasteiger partial charge in [0.05, 0.1) is 17.1 Å². The van der Waals surface area contributed by atoms with Crippen LogP contribution in [0.25, 0.3) is 38.6 Å². The Morgan fingerprint density at radius 1 is 0.518 bits per heavy atom. The molecule has 3 heterocycles. The van der Waals surface area contributed by atoms with Gasteiger partial charge in [-0.1, -0.05) is 158 Å². The van der Waals surface area contributed by atoms with E-state index in [0.29, 0.717) is 0 Å². The zero-order chi connectivity index (χ0) is 37.2. The van der Waals surface area contributed by atoms with Gasteiger partial charge in [0.25, 0.3) is 0 Å². The summed E-state index contributed by atoms with van der Waals surface area (Å²) < 4.78 is 2.47. The Morgan fingerprint density at radius 3 is 1.95 bits per heavy atom. The van der Waals surface area contributed by atoms with E-state index in [2.05, 4.69) is 227 Å². The molecule has 0 bridgehead atoms. The number of nitrogens with zero attached hydrogens (tertiary/aromatic N) is 4. The summed E-state index contributed by atoms with van der Waals surface area (Å²) in [6.45, 7) is 4.16. The molecule has 8 aromatic rings. The van der Waals surface area contributed by atoms with Gasteiger partial charge in [-0.2, -0.15) is 0 Å². The van der Waals surface area contributed by atoms with E-state index in [-0.39, 0.29) is 17.6 Å². The monoisotopic (exact) mass is 722 g/mol. The Morgan fingerprint density at radius 2 is 1.18 bits per heavy atom. The van der Waals surface area contributed by atoms with E-state index < -0.39 is 0 Å². The first-order chi connectivity index (χ1) is 27.6. The van der Waals surface area contributed by atoms with Gasteiger partial charge < -0.3 is 9.47 Å². The van der Waals surface area contributed by atoms with Crippen molar-refractivity contribution in [3.63, 3.8) is 0 Å². The number of aromatic nitrogens is 1. The molecule has 1 saturated heterocycles. The third kappa shape index (κ3) is 5.36. The van der Waals surface area contributed by atoms with Crippen molar-refractivity contribution in [3.8, 4) is 16.8 Å². The first-order valence-corrected chi connectivity index (χ1v) is 19.7. The molecule has 4 nitrogen and oxygen atoms in total. The number of para-hydroxylation sites is 2. The van der Waals surface area contributed by atoms with Crippen LogP contribution in [0.3, 0.4) is 0 Å². The zero-order valence-corrected chi connectivity index (χ0v) is 31.4. The molecular formula is C52H42N4. The molecule has 1 aromatic heterocycles. The maximum Gasteiger partial charge on any atom is 0.116 e. The van der Waals surface area contributed by atoms with E-state index in [1.165, 1.54) is 66.6 Å². The van der Waals surface area contributed by atoms with Crippen molar-refractivity contribution in [1.29, 1.82) is 0 Å². The fourth-order valence-electron chi connectivity index (χ4n) is 9.43. The van der Waals surface area contributed by atoms with Crippen molar-refractivity contribution in [2.75, 3.05) is 4.90 Å². The topological polar surface area (TPSA) is 14.2 Å². The maximum atomic E-state index is 2.54. The predicted molar refractivity (Wildman–Crippen MR) is 231 cm³/mol. The lowest BCUT2D eigenvalue weighted by Crippen LogP contribution is -2.39. The van der Waals surface area contributed by atoms with Crippen LogP contribution in [0.2, 0.25) is 0 Å². The summed E-state index contributed by atoms with van der Waals surface area (Å²) in [5.74, 6) is 0. The fourth-order valence-corrected chi connectivity index (χ4v) is 9.43. The van der Waals surface area contributed by atoms with Crippen molar-refractivity contribution in [3.05, 3.63) is 222 Å². The molecule has 3 aliphatic rings. The summed E-state index contributed by atoms with van der Waals surface area (Å²) in [5, 5.41) is 7.53. The number of anilines is 2. The average molecular weight is 723 g/mol. The number of hydrogen-bond donors (Lipinski definition) is 0. The normalized spacial score (nSPS) is 22.1. The molecule has 3 unspecified atom stereocenters. The summed E-state index contributed by atoms with van der Waals surface area (Å²) >= 11 is 0.